The van der Waals surface area contributed by atoms with Gasteiger partial charge >= 0.3 is 0 Å². The van der Waals surface area contributed by atoms with E-state index < -0.39 is 35.5 Å². The number of aryl methyl sites for hydroxylation is 3. The van der Waals surface area contributed by atoms with E-state index in [-0.39, 0.29) is 40.5 Å². The summed E-state index contributed by atoms with van der Waals surface area (Å²) >= 11 is 0. The zero-order chi connectivity index (χ0) is 37.7. The van der Waals surface area contributed by atoms with Gasteiger partial charge in [-0.1, -0.05) is 29.4 Å². The van der Waals surface area contributed by atoms with Crippen molar-refractivity contribution in [2.45, 2.75) is 70.8 Å². The predicted octanol–water partition coefficient (Wildman–Crippen LogP) is 6.42. The van der Waals surface area contributed by atoms with Gasteiger partial charge in [-0.3, -0.25) is 29.4 Å². The molecule has 1 N–H and O–H groups in total. The lowest BCUT2D eigenvalue weighted by molar-refractivity contribution is -0.136. The van der Waals surface area contributed by atoms with E-state index in [0.717, 1.165) is 88.3 Å². The molecule has 1 spiro atoms. The van der Waals surface area contributed by atoms with Gasteiger partial charge in [0.2, 0.25) is 11.8 Å². The topological polar surface area (TPSA) is 140 Å². The number of hydrogen-bond donors (Lipinski definition) is 1. The third-order valence-electron chi connectivity index (χ3n) is 12.3. The molecule has 1 atom stereocenters. The van der Waals surface area contributed by atoms with Crippen LogP contribution in [-0.2, 0) is 15.0 Å². The SMILES string of the molecule is Cc1ccc(-c2c(C)noc2C)cc1N(CC1CC2(C1)CN(c1cc3c(cc1F)C(=O)N(C1CCC(=O)NC1=O)C3=O)C2)c1ccc(C2(C#N)CC2)cc1. The summed E-state index contributed by atoms with van der Waals surface area (Å²) in [7, 11) is 0. The maximum Gasteiger partial charge on any atom is 0.262 e. The van der Waals surface area contributed by atoms with Gasteiger partial charge in [0.25, 0.3) is 11.8 Å². The Morgan fingerprint density at radius 2 is 1.69 bits per heavy atom. The fraction of sp³-hybridized carbons (Fsp3) is 0.381. The van der Waals surface area contributed by atoms with Crippen LogP contribution in [0, 0.1) is 49.3 Å². The fourth-order valence-corrected chi connectivity index (χ4v) is 9.31. The van der Waals surface area contributed by atoms with Crippen molar-refractivity contribution in [2.75, 3.05) is 29.4 Å². The Bertz CT molecular complexity index is 2310. The van der Waals surface area contributed by atoms with Gasteiger partial charge in [-0.25, -0.2) is 4.39 Å². The molecule has 0 radical (unpaired) electrons. The van der Waals surface area contributed by atoms with Gasteiger partial charge in [0.05, 0.1) is 34.0 Å². The van der Waals surface area contributed by atoms with Crippen molar-refractivity contribution in [3.8, 4) is 17.2 Å². The molecule has 12 heteroatoms. The number of carbonyl (C=O) groups is 4. The number of fused-ring (bicyclic) bond motifs is 1. The zero-order valence-electron chi connectivity index (χ0n) is 30.4. The minimum atomic E-state index is -1.10. The molecular weight excluding hydrogens is 687 g/mol. The highest BCUT2D eigenvalue weighted by Gasteiger charge is 2.54. The van der Waals surface area contributed by atoms with Crippen molar-refractivity contribution in [3.63, 3.8) is 0 Å². The van der Waals surface area contributed by atoms with E-state index >= 15 is 4.39 Å². The van der Waals surface area contributed by atoms with E-state index in [9.17, 15) is 24.4 Å². The van der Waals surface area contributed by atoms with Gasteiger partial charge < -0.3 is 14.3 Å². The molecule has 4 fully saturated rings. The molecule has 2 saturated carbocycles. The quantitative estimate of drug-likeness (QED) is 0.204. The molecule has 2 saturated heterocycles. The van der Waals surface area contributed by atoms with E-state index in [1.165, 1.54) is 6.07 Å². The fourth-order valence-electron chi connectivity index (χ4n) is 9.31. The minimum Gasteiger partial charge on any atom is -0.368 e. The monoisotopic (exact) mass is 726 g/mol. The first kappa shape index (κ1) is 34.0. The zero-order valence-corrected chi connectivity index (χ0v) is 30.4. The van der Waals surface area contributed by atoms with Crippen LogP contribution in [0.4, 0.5) is 21.5 Å². The van der Waals surface area contributed by atoms with E-state index in [1.54, 1.807) is 0 Å². The molecule has 1 unspecified atom stereocenters. The first-order valence-corrected chi connectivity index (χ1v) is 18.5. The summed E-state index contributed by atoms with van der Waals surface area (Å²) in [6.45, 7) is 8.01. The number of nitrogens with zero attached hydrogens (tertiary/aromatic N) is 5. The summed E-state index contributed by atoms with van der Waals surface area (Å²) in [6, 6.07) is 18.8. The number of aromatic nitrogens is 1. The first-order chi connectivity index (χ1) is 25.9. The lowest BCUT2D eigenvalue weighted by Gasteiger charge is -2.60. The molecule has 11 nitrogen and oxygen atoms in total. The molecule has 9 rings (SSSR count). The number of imide groups is 2. The average molecular weight is 727 g/mol. The summed E-state index contributed by atoms with van der Waals surface area (Å²) in [5.74, 6) is -1.97. The first-order valence-electron chi connectivity index (χ1n) is 18.5. The number of nitriles is 1. The number of nitrogens with one attached hydrogen (secondary N) is 1. The normalized spacial score (nSPS) is 21.1. The van der Waals surface area contributed by atoms with Gasteiger partial charge in [0.1, 0.15) is 17.6 Å². The molecule has 4 heterocycles. The largest absolute Gasteiger partial charge is 0.368 e. The van der Waals surface area contributed by atoms with Crippen LogP contribution in [0.1, 0.15) is 81.8 Å². The molecule has 3 aliphatic heterocycles. The summed E-state index contributed by atoms with van der Waals surface area (Å²) in [5, 5.41) is 16.2. The van der Waals surface area contributed by atoms with Gasteiger partial charge in [-0.2, -0.15) is 5.26 Å². The molecule has 2 aliphatic carbocycles. The maximum absolute atomic E-state index is 15.6. The average Bonchev–Trinajstić information content (AvgIpc) is 3.80. The number of hydrogen-bond acceptors (Lipinski definition) is 9. The second-order valence-electron chi connectivity index (χ2n) is 16.0. The van der Waals surface area contributed by atoms with E-state index in [2.05, 4.69) is 70.8 Å². The van der Waals surface area contributed by atoms with Crippen molar-refractivity contribution >= 4 is 40.7 Å². The Balaban J connectivity index is 0.929. The standard InChI is InChI=1S/C42H39FN6O5/c1-23-4-5-27(37-24(2)46-54-25(37)3)14-34(23)48(29-8-6-28(7-9-29)42(20-44)12-13-42)19-26-17-41(18-26)21-47(22-41)35-16-31-30(15-32(35)43)39(52)49(40(31)53)33-10-11-36(50)45-38(33)51/h4-9,14-16,26,33H,10-13,17-19,21-22H2,1-3H3,(H,45,50,51). The minimum absolute atomic E-state index is 0.0156. The second-order valence-corrected chi connectivity index (χ2v) is 16.0. The Morgan fingerprint density at radius 1 is 0.981 bits per heavy atom. The number of rotatable bonds is 8. The third-order valence-corrected chi connectivity index (χ3v) is 12.3. The summed E-state index contributed by atoms with van der Waals surface area (Å²) in [5.41, 5.74) is 7.11. The Hall–Kier alpha value is -5.83. The van der Waals surface area contributed by atoms with Gasteiger partial charge in [0.15, 0.2) is 0 Å². The highest BCUT2D eigenvalue weighted by atomic mass is 19.1. The van der Waals surface area contributed by atoms with E-state index in [1.807, 2.05) is 18.7 Å². The van der Waals surface area contributed by atoms with Crippen molar-refractivity contribution in [2.24, 2.45) is 11.3 Å². The summed E-state index contributed by atoms with van der Waals surface area (Å²) < 4.78 is 21.1. The van der Waals surface area contributed by atoms with Crippen molar-refractivity contribution < 1.29 is 28.1 Å². The Morgan fingerprint density at radius 3 is 2.31 bits per heavy atom. The van der Waals surface area contributed by atoms with Crippen molar-refractivity contribution in [3.05, 3.63) is 94.1 Å². The number of halogens is 1. The van der Waals surface area contributed by atoms with Gasteiger partial charge in [-0.05, 0) is 106 Å². The molecule has 5 aliphatic rings. The molecule has 4 amide bonds. The highest BCUT2D eigenvalue weighted by molar-refractivity contribution is 6.23. The smallest absolute Gasteiger partial charge is 0.262 e. The predicted molar refractivity (Wildman–Crippen MR) is 197 cm³/mol. The number of amides is 4. The van der Waals surface area contributed by atoms with E-state index in [0.29, 0.717) is 19.0 Å². The molecule has 1 aromatic heterocycles. The maximum atomic E-state index is 15.6. The third kappa shape index (κ3) is 5.31. The Labute approximate surface area is 311 Å². The van der Waals surface area contributed by atoms with Gasteiger partial charge in [-0.15, -0.1) is 0 Å². The molecule has 3 aromatic carbocycles. The number of carbonyl (C=O) groups excluding carboxylic acids is 4. The highest BCUT2D eigenvalue weighted by Crippen LogP contribution is 2.55. The second kappa shape index (κ2) is 12.1. The van der Waals surface area contributed by atoms with Crippen LogP contribution in [0.5, 0.6) is 0 Å². The van der Waals surface area contributed by atoms with Crippen LogP contribution in [0.2, 0.25) is 0 Å². The van der Waals surface area contributed by atoms with Gasteiger partial charge in [0, 0.05) is 48.4 Å². The van der Waals surface area contributed by atoms with Crippen molar-refractivity contribution in [1.82, 2.24) is 15.4 Å². The molecule has 54 heavy (non-hydrogen) atoms. The van der Waals surface area contributed by atoms with E-state index in [4.69, 9.17) is 4.52 Å². The summed E-state index contributed by atoms with van der Waals surface area (Å²) in [4.78, 5) is 55.9. The molecule has 4 aromatic rings. The molecular formula is C42H39FN6O5. The molecule has 0 bridgehead atoms. The van der Waals surface area contributed by atoms with Crippen LogP contribution in [0.25, 0.3) is 11.1 Å². The number of piperidine rings is 1. The molecule has 274 valence electrons. The van der Waals surface area contributed by atoms with Crippen LogP contribution in [-0.4, -0.2) is 59.4 Å². The Kier molecular flexibility index (Phi) is 7.61. The van der Waals surface area contributed by atoms with Crippen LogP contribution < -0.4 is 15.1 Å². The van der Waals surface area contributed by atoms with Crippen LogP contribution >= 0.6 is 0 Å². The van der Waals surface area contributed by atoms with Crippen molar-refractivity contribution in [1.29, 1.82) is 5.26 Å². The van der Waals surface area contributed by atoms with Crippen LogP contribution in [0.15, 0.2) is 59.1 Å². The lowest BCUT2D eigenvalue weighted by atomic mass is 9.57. The van der Waals surface area contributed by atoms with Crippen LogP contribution in [0.3, 0.4) is 0 Å². The summed E-state index contributed by atoms with van der Waals surface area (Å²) in [6.07, 6.45) is 3.73. The lowest BCUT2D eigenvalue weighted by Crippen LogP contribution is -2.63. The number of benzene rings is 3. The number of anilines is 3.